The molecule has 0 atom stereocenters. The molecule has 0 aromatic carbocycles. The van der Waals surface area contributed by atoms with Crippen molar-refractivity contribution in [3.8, 4) is 0 Å². The van der Waals surface area contributed by atoms with E-state index in [0.717, 1.165) is 0 Å². The molecule has 6 heteroatoms. The lowest BCUT2D eigenvalue weighted by Gasteiger charge is -2.13. The third-order valence-electron chi connectivity index (χ3n) is 2.55. The van der Waals surface area contributed by atoms with E-state index in [9.17, 15) is 13.6 Å². The Bertz CT molecular complexity index is 422. The van der Waals surface area contributed by atoms with Crippen LogP contribution in [0.1, 0.15) is 28.8 Å². The van der Waals surface area contributed by atoms with E-state index in [4.69, 9.17) is 5.73 Å². The van der Waals surface area contributed by atoms with E-state index in [0.29, 0.717) is 11.1 Å². The molecule has 0 bridgehead atoms. The Morgan fingerprint density at radius 3 is 2.71 bits per heavy atom. The van der Waals surface area contributed by atoms with Crippen molar-refractivity contribution in [2.75, 3.05) is 7.11 Å². The Labute approximate surface area is 97.8 Å². The van der Waals surface area contributed by atoms with Gasteiger partial charge in [0.15, 0.2) is 0 Å². The monoisotopic (exact) mass is 244 g/mol. The number of carbonyl (C=O) groups excluding carboxylic acids is 1. The van der Waals surface area contributed by atoms with Crippen LogP contribution in [0.4, 0.5) is 8.78 Å². The molecule has 1 rings (SSSR count). The Morgan fingerprint density at radius 2 is 2.24 bits per heavy atom. The summed E-state index contributed by atoms with van der Waals surface area (Å²) in [5.74, 6) is -0.598. The highest BCUT2D eigenvalue weighted by Gasteiger charge is 2.21. The van der Waals surface area contributed by atoms with E-state index >= 15 is 0 Å². The van der Waals surface area contributed by atoms with Crippen molar-refractivity contribution in [2.24, 2.45) is 5.73 Å². The SMILES string of the molecule is COC(=O)Cc1ncc(CN)c(C)c1C(F)F. The van der Waals surface area contributed by atoms with Gasteiger partial charge in [-0.15, -0.1) is 0 Å². The number of halogens is 2. The predicted molar refractivity (Wildman–Crippen MR) is 57.5 cm³/mol. The zero-order valence-electron chi connectivity index (χ0n) is 9.67. The lowest BCUT2D eigenvalue weighted by molar-refractivity contribution is -0.139. The summed E-state index contributed by atoms with van der Waals surface area (Å²) in [4.78, 5) is 14.9. The molecule has 1 aromatic rings. The van der Waals surface area contributed by atoms with E-state index < -0.39 is 12.4 Å². The molecule has 0 saturated heterocycles. The molecule has 4 nitrogen and oxygen atoms in total. The fraction of sp³-hybridized carbons (Fsp3) is 0.455. The first-order chi connectivity index (χ1) is 8.01. The standard InChI is InChI=1S/C11H14F2N2O2/c1-6-7(4-14)5-15-8(3-9(16)17-2)10(6)11(12)13/h5,11H,3-4,14H2,1-2H3. The number of pyridine rings is 1. The van der Waals surface area contributed by atoms with Crippen LogP contribution in [0.25, 0.3) is 0 Å². The third-order valence-corrected chi connectivity index (χ3v) is 2.55. The summed E-state index contributed by atoms with van der Waals surface area (Å²) < 4.78 is 30.3. The van der Waals surface area contributed by atoms with Crippen molar-refractivity contribution < 1.29 is 18.3 Å². The number of methoxy groups -OCH3 is 1. The largest absolute Gasteiger partial charge is 0.469 e. The number of carbonyl (C=O) groups is 1. The summed E-state index contributed by atoms with van der Waals surface area (Å²) in [6.07, 6.45) is -1.53. The van der Waals surface area contributed by atoms with Crippen LogP contribution in [0.15, 0.2) is 6.20 Å². The minimum atomic E-state index is -2.69. The summed E-state index contributed by atoms with van der Waals surface area (Å²) in [7, 11) is 1.20. The van der Waals surface area contributed by atoms with Crippen LogP contribution in [0.2, 0.25) is 0 Å². The fourth-order valence-corrected chi connectivity index (χ4v) is 1.56. The van der Waals surface area contributed by atoms with Crippen LogP contribution in [-0.2, 0) is 22.5 Å². The number of alkyl halides is 2. The second-order valence-corrected chi connectivity index (χ2v) is 3.53. The van der Waals surface area contributed by atoms with Gasteiger partial charge < -0.3 is 10.5 Å². The number of aromatic nitrogens is 1. The molecule has 0 fully saturated rings. The van der Waals surface area contributed by atoms with Gasteiger partial charge in [-0.05, 0) is 18.1 Å². The minimum absolute atomic E-state index is 0.0431. The van der Waals surface area contributed by atoms with Gasteiger partial charge in [0.05, 0.1) is 19.2 Å². The molecule has 17 heavy (non-hydrogen) atoms. The molecule has 0 spiro atoms. The van der Waals surface area contributed by atoms with Gasteiger partial charge in [-0.2, -0.15) is 0 Å². The van der Waals surface area contributed by atoms with Gasteiger partial charge in [0, 0.05) is 18.3 Å². The molecule has 2 N–H and O–H groups in total. The Balaban J connectivity index is 3.21. The number of rotatable bonds is 4. The highest BCUT2D eigenvalue weighted by Crippen LogP contribution is 2.27. The van der Waals surface area contributed by atoms with E-state index in [1.54, 1.807) is 6.92 Å². The highest BCUT2D eigenvalue weighted by atomic mass is 19.3. The predicted octanol–water partition coefficient (Wildman–Crippen LogP) is 1.50. The summed E-state index contributed by atoms with van der Waals surface area (Å²) in [6, 6.07) is 0. The zero-order chi connectivity index (χ0) is 13.0. The number of esters is 1. The van der Waals surface area contributed by atoms with Gasteiger partial charge in [0.1, 0.15) is 0 Å². The van der Waals surface area contributed by atoms with E-state index in [2.05, 4.69) is 9.72 Å². The maximum absolute atomic E-state index is 12.9. The minimum Gasteiger partial charge on any atom is -0.469 e. The van der Waals surface area contributed by atoms with Crippen molar-refractivity contribution in [1.82, 2.24) is 4.98 Å². The maximum atomic E-state index is 12.9. The molecule has 0 aliphatic carbocycles. The summed E-state index contributed by atoms with van der Waals surface area (Å²) in [5.41, 5.74) is 6.18. The summed E-state index contributed by atoms with van der Waals surface area (Å²) >= 11 is 0. The lowest BCUT2D eigenvalue weighted by Crippen LogP contribution is -2.12. The summed E-state index contributed by atoms with van der Waals surface area (Å²) in [6.45, 7) is 1.68. The molecule has 0 amide bonds. The molecular formula is C11H14F2N2O2. The second kappa shape index (κ2) is 5.67. The van der Waals surface area contributed by atoms with Crippen LogP contribution in [0.5, 0.6) is 0 Å². The lowest BCUT2D eigenvalue weighted by atomic mass is 10.0. The van der Waals surface area contributed by atoms with Gasteiger partial charge in [-0.1, -0.05) is 0 Å². The highest BCUT2D eigenvalue weighted by molar-refractivity contribution is 5.72. The van der Waals surface area contributed by atoms with Gasteiger partial charge in [-0.3, -0.25) is 9.78 Å². The number of ether oxygens (including phenoxy) is 1. The zero-order valence-corrected chi connectivity index (χ0v) is 9.67. The average molecular weight is 244 g/mol. The Kier molecular flexibility index (Phi) is 4.51. The van der Waals surface area contributed by atoms with Gasteiger partial charge >= 0.3 is 5.97 Å². The fourth-order valence-electron chi connectivity index (χ4n) is 1.56. The first kappa shape index (κ1) is 13.5. The quantitative estimate of drug-likeness (QED) is 0.815. The second-order valence-electron chi connectivity index (χ2n) is 3.53. The van der Waals surface area contributed by atoms with E-state index in [-0.39, 0.29) is 24.2 Å². The van der Waals surface area contributed by atoms with Crippen molar-refractivity contribution >= 4 is 5.97 Å². The normalized spacial score (nSPS) is 10.7. The van der Waals surface area contributed by atoms with Gasteiger partial charge in [-0.25, -0.2) is 8.78 Å². The number of nitrogens with two attached hydrogens (primary N) is 1. The topological polar surface area (TPSA) is 65.2 Å². The molecule has 0 radical (unpaired) electrons. The maximum Gasteiger partial charge on any atom is 0.311 e. The van der Waals surface area contributed by atoms with Crippen LogP contribution >= 0.6 is 0 Å². The van der Waals surface area contributed by atoms with Crippen LogP contribution < -0.4 is 5.73 Å². The van der Waals surface area contributed by atoms with E-state index in [1.165, 1.54) is 13.3 Å². The molecule has 1 aromatic heterocycles. The smallest absolute Gasteiger partial charge is 0.311 e. The first-order valence-corrected chi connectivity index (χ1v) is 5.03. The molecular weight excluding hydrogens is 230 g/mol. The van der Waals surface area contributed by atoms with Crippen LogP contribution in [0, 0.1) is 6.92 Å². The molecule has 1 heterocycles. The van der Waals surface area contributed by atoms with Crippen LogP contribution in [-0.4, -0.2) is 18.1 Å². The molecule has 0 saturated carbocycles. The number of hydrogen-bond acceptors (Lipinski definition) is 4. The van der Waals surface area contributed by atoms with Crippen molar-refractivity contribution in [1.29, 1.82) is 0 Å². The van der Waals surface area contributed by atoms with Crippen molar-refractivity contribution in [3.05, 3.63) is 28.6 Å². The molecule has 94 valence electrons. The van der Waals surface area contributed by atoms with Crippen LogP contribution in [0.3, 0.4) is 0 Å². The van der Waals surface area contributed by atoms with Gasteiger partial charge in [0.25, 0.3) is 6.43 Å². The van der Waals surface area contributed by atoms with Gasteiger partial charge in [0.2, 0.25) is 0 Å². The van der Waals surface area contributed by atoms with Crippen molar-refractivity contribution in [2.45, 2.75) is 26.3 Å². The molecule has 0 aliphatic heterocycles. The average Bonchev–Trinajstić information content (AvgIpc) is 2.28. The first-order valence-electron chi connectivity index (χ1n) is 5.03. The Morgan fingerprint density at radius 1 is 1.59 bits per heavy atom. The number of nitrogens with zero attached hydrogens (tertiary/aromatic N) is 1. The molecule has 0 aliphatic rings. The third kappa shape index (κ3) is 2.97. The van der Waals surface area contributed by atoms with Crippen molar-refractivity contribution in [3.63, 3.8) is 0 Å². The summed E-state index contributed by atoms with van der Waals surface area (Å²) in [5, 5.41) is 0. The Hall–Kier alpha value is -1.56. The molecule has 0 unspecified atom stereocenters. The number of hydrogen-bond donors (Lipinski definition) is 1. The van der Waals surface area contributed by atoms with E-state index in [1.807, 2.05) is 0 Å².